The molecule has 0 saturated carbocycles. The number of allylic oxidation sites excluding steroid dienone is 2. The number of hydrogen-bond acceptors (Lipinski definition) is 1. The van der Waals surface area contributed by atoms with Gasteiger partial charge in [0, 0.05) is 5.70 Å². The Bertz CT molecular complexity index is 181. The highest BCUT2D eigenvalue weighted by Crippen LogP contribution is 2.34. The fraction of sp³-hybridized carbons (Fsp3) is 0.714. The Hall–Kier alpha value is -0.670. The van der Waals surface area contributed by atoms with E-state index in [2.05, 4.69) is 0 Å². The van der Waals surface area contributed by atoms with E-state index in [4.69, 9.17) is 5.73 Å². The number of nitrogens with two attached hydrogens (primary N) is 1. The zero-order chi connectivity index (χ0) is 8.48. The second-order valence-electron chi connectivity index (χ2n) is 2.71. The molecule has 0 atom stereocenters. The third-order valence-electron chi connectivity index (χ3n) is 1.85. The molecule has 0 radical (unpaired) electrons. The topological polar surface area (TPSA) is 26.0 Å². The molecule has 0 aromatic rings. The lowest BCUT2D eigenvalue weighted by molar-refractivity contribution is -0.0959. The maximum absolute atomic E-state index is 12.1. The molecule has 64 valence electrons. The molecule has 0 saturated heterocycles. The molecular formula is C7H10F3N. The minimum atomic E-state index is -4.20. The molecule has 0 heterocycles. The molecule has 0 unspecified atom stereocenters. The molecule has 0 spiro atoms. The normalized spacial score (nSPS) is 20.6. The van der Waals surface area contributed by atoms with Crippen molar-refractivity contribution in [1.82, 2.24) is 0 Å². The van der Waals surface area contributed by atoms with Gasteiger partial charge >= 0.3 is 6.18 Å². The smallest absolute Gasteiger partial charge is 0.402 e. The quantitative estimate of drug-likeness (QED) is 0.585. The van der Waals surface area contributed by atoms with Crippen LogP contribution in [0, 0.1) is 0 Å². The first kappa shape index (κ1) is 8.43. The van der Waals surface area contributed by atoms with E-state index in [1.807, 2.05) is 0 Å². The SMILES string of the molecule is NC1=C(C(F)(F)F)CCCC1. The molecule has 11 heavy (non-hydrogen) atoms. The van der Waals surface area contributed by atoms with Crippen molar-refractivity contribution in [2.45, 2.75) is 31.9 Å². The van der Waals surface area contributed by atoms with Gasteiger partial charge in [0.1, 0.15) is 0 Å². The van der Waals surface area contributed by atoms with Crippen LogP contribution in [0.3, 0.4) is 0 Å². The van der Waals surface area contributed by atoms with Gasteiger partial charge in [-0.05, 0) is 25.7 Å². The van der Waals surface area contributed by atoms with E-state index in [0.29, 0.717) is 12.8 Å². The van der Waals surface area contributed by atoms with Gasteiger partial charge in [-0.3, -0.25) is 0 Å². The minimum absolute atomic E-state index is 0.0313. The van der Waals surface area contributed by atoms with Gasteiger partial charge in [0.2, 0.25) is 0 Å². The lowest BCUT2D eigenvalue weighted by atomic mass is 9.96. The Morgan fingerprint density at radius 1 is 1.09 bits per heavy atom. The van der Waals surface area contributed by atoms with Crippen molar-refractivity contribution in [2.75, 3.05) is 0 Å². The molecule has 1 aliphatic carbocycles. The Kier molecular flexibility index (Phi) is 2.11. The third kappa shape index (κ3) is 1.88. The second kappa shape index (κ2) is 2.75. The monoisotopic (exact) mass is 165 g/mol. The standard InChI is InChI=1S/C7H10F3N/c8-7(9,10)5-3-1-2-4-6(5)11/h1-4,11H2. The van der Waals surface area contributed by atoms with Gasteiger partial charge in [-0.2, -0.15) is 13.2 Å². The molecule has 0 bridgehead atoms. The average Bonchev–Trinajstić information content (AvgIpc) is 1.86. The first-order valence-corrected chi connectivity index (χ1v) is 3.56. The lowest BCUT2D eigenvalue weighted by Crippen LogP contribution is -2.20. The van der Waals surface area contributed by atoms with E-state index < -0.39 is 11.7 Å². The number of halogens is 3. The van der Waals surface area contributed by atoms with Crippen LogP contribution in [-0.2, 0) is 0 Å². The van der Waals surface area contributed by atoms with Crippen LogP contribution >= 0.6 is 0 Å². The van der Waals surface area contributed by atoms with E-state index in [-0.39, 0.29) is 12.1 Å². The summed E-state index contributed by atoms with van der Waals surface area (Å²) in [4.78, 5) is 0. The number of hydrogen-bond donors (Lipinski definition) is 1. The van der Waals surface area contributed by atoms with Crippen LogP contribution in [0.15, 0.2) is 11.3 Å². The summed E-state index contributed by atoms with van der Waals surface area (Å²) >= 11 is 0. The summed E-state index contributed by atoms with van der Waals surface area (Å²) in [5.74, 6) is 0. The van der Waals surface area contributed by atoms with E-state index in [0.717, 1.165) is 6.42 Å². The van der Waals surface area contributed by atoms with Crippen molar-refractivity contribution in [3.05, 3.63) is 11.3 Å². The highest BCUT2D eigenvalue weighted by Gasteiger charge is 2.36. The molecule has 0 amide bonds. The largest absolute Gasteiger partial charge is 0.414 e. The lowest BCUT2D eigenvalue weighted by Gasteiger charge is -2.19. The minimum Gasteiger partial charge on any atom is -0.402 e. The summed E-state index contributed by atoms with van der Waals surface area (Å²) in [6.07, 6.45) is -2.32. The first-order valence-electron chi connectivity index (χ1n) is 3.56. The summed E-state index contributed by atoms with van der Waals surface area (Å²) in [7, 11) is 0. The average molecular weight is 165 g/mol. The summed E-state index contributed by atoms with van der Waals surface area (Å²) in [6.45, 7) is 0. The van der Waals surface area contributed by atoms with E-state index in [1.165, 1.54) is 0 Å². The van der Waals surface area contributed by atoms with Crippen molar-refractivity contribution in [1.29, 1.82) is 0 Å². The van der Waals surface area contributed by atoms with Crippen LogP contribution < -0.4 is 5.73 Å². The Morgan fingerprint density at radius 2 is 1.64 bits per heavy atom. The van der Waals surface area contributed by atoms with Gasteiger partial charge in [-0.15, -0.1) is 0 Å². The Balaban J connectivity index is 2.83. The Morgan fingerprint density at radius 3 is 2.00 bits per heavy atom. The van der Waals surface area contributed by atoms with Crippen molar-refractivity contribution in [3.63, 3.8) is 0 Å². The van der Waals surface area contributed by atoms with Crippen molar-refractivity contribution in [2.24, 2.45) is 5.73 Å². The van der Waals surface area contributed by atoms with Crippen molar-refractivity contribution >= 4 is 0 Å². The molecule has 1 rings (SSSR count). The molecule has 0 aliphatic heterocycles. The van der Waals surface area contributed by atoms with E-state index in [9.17, 15) is 13.2 Å². The highest BCUT2D eigenvalue weighted by atomic mass is 19.4. The summed E-state index contributed by atoms with van der Waals surface area (Å²) in [6, 6.07) is 0. The molecule has 2 N–H and O–H groups in total. The second-order valence-corrected chi connectivity index (χ2v) is 2.71. The van der Waals surface area contributed by atoms with Crippen LogP contribution in [0.4, 0.5) is 13.2 Å². The van der Waals surface area contributed by atoms with Gasteiger partial charge in [0.25, 0.3) is 0 Å². The van der Waals surface area contributed by atoms with E-state index >= 15 is 0 Å². The number of rotatable bonds is 0. The maximum Gasteiger partial charge on any atom is 0.414 e. The molecule has 0 aromatic carbocycles. The number of alkyl halides is 3. The first-order chi connectivity index (χ1) is 5.02. The van der Waals surface area contributed by atoms with Gasteiger partial charge in [0.05, 0.1) is 5.57 Å². The molecule has 0 fully saturated rings. The fourth-order valence-electron chi connectivity index (χ4n) is 1.25. The van der Waals surface area contributed by atoms with Gasteiger partial charge in [-0.25, -0.2) is 0 Å². The van der Waals surface area contributed by atoms with Crippen LogP contribution in [0.2, 0.25) is 0 Å². The third-order valence-corrected chi connectivity index (χ3v) is 1.85. The predicted octanol–water partition coefficient (Wildman–Crippen LogP) is 2.34. The van der Waals surface area contributed by atoms with Gasteiger partial charge in [-0.1, -0.05) is 0 Å². The molecule has 0 aromatic heterocycles. The van der Waals surface area contributed by atoms with Crippen LogP contribution in [0.1, 0.15) is 25.7 Å². The van der Waals surface area contributed by atoms with Gasteiger partial charge in [0.15, 0.2) is 0 Å². The van der Waals surface area contributed by atoms with Crippen LogP contribution in [-0.4, -0.2) is 6.18 Å². The molecule has 1 aliphatic rings. The van der Waals surface area contributed by atoms with Crippen LogP contribution in [0.25, 0.3) is 0 Å². The Labute approximate surface area is 63.1 Å². The fourth-order valence-corrected chi connectivity index (χ4v) is 1.25. The summed E-state index contributed by atoms with van der Waals surface area (Å²) in [5, 5.41) is 0. The molecule has 1 nitrogen and oxygen atoms in total. The van der Waals surface area contributed by atoms with Crippen molar-refractivity contribution in [3.8, 4) is 0 Å². The zero-order valence-corrected chi connectivity index (χ0v) is 6.04. The maximum atomic E-state index is 12.1. The zero-order valence-electron chi connectivity index (χ0n) is 6.04. The molecule has 4 heteroatoms. The summed E-state index contributed by atoms with van der Waals surface area (Å²) < 4.78 is 36.2. The van der Waals surface area contributed by atoms with E-state index in [1.54, 1.807) is 0 Å². The van der Waals surface area contributed by atoms with Crippen LogP contribution in [0.5, 0.6) is 0 Å². The van der Waals surface area contributed by atoms with Gasteiger partial charge < -0.3 is 5.73 Å². The molecular weight excluding hydrogens is 155 g/mol. The summed E-state index contributed by atoms with van der Waals surface area (Å²) in [5.41, 5.74) is 4.75. The predicted molar refractivity (Wildman–Crippen MR) is 35.7 cm³/mol. The van der Waals surface area contributed by atoms with Crippen molar-refractivity contribution < 1.29 is 13.2 Å². The highest BCUT2D eigenvalue weighted by molar-refractivity contribution is 5.18.